The lowest BCUT2D eigenvalue weighted by atomic mass is 10.2. The molecule has 0 saturated heterocycles. The summed E-state index contributed by atoms with van der Waals surface area (Å²) in [5.41, 5.74) is 0. The first-order chi connectivity index (χ1) is 8.69. The third-order valence-corrected chi connectivity index (χ3v) is 2.84. The van der Waals surface area contributed by atoms with Crippen LogP contribution in [0, 0.1) is 0 Å². The maximum atomic E-state index is 10.7. The fourth-order valence-corrected chi connectivity index (χ4v) is 1.94. The molecule has 98 valence electrons. The molecule has 0 aromatic heterocycles. The molecule has 5 heteroatoms. The molecule has 1 heterocycles. The Bertz CT molecular complexity index is 421. The van der Waals surface area contributed by atoms with Gasteiger partial charge in [-0.25, -0.2) is 0 Å². The molecular weight excluding hydrogens is 234 g/mol. The van der Waals surface area contributed by atoms with E-state index in [0.29, 0.717) is 19.7 Å². The van der Waals surface area contributed by atoms with Crippen LogP contribution in [0.25, 0.3) is 0 Å². The lowest BCUT2D eigenvalue weighted by Gasteiger charge is -2.30. The maximum Gasteiger partial charge on any atom is 0.317 e. The minimum absolute atomic E-state index is 0.0258. The van der Waals surface area contributed by atoms with Crippen molar-refractivity contribution in [3.8, 4) is 11.5 Å². The summed E-state index contributed by atoms with van der Waals surface area (Å²) in [5.74, 6) is 0.643. The van der Waals surface area contributed by atoms with Gasteiger partial charge >= 0.3 is 5.97 Å². The van der Waals surface area contributed by atoms with E-state index in [1.807, 2.05) is 36.1 Å². The van der Waals surface area contributed by atoms with Crippen LogP contribution in [-0.4, -0.2) is 48.3 Å². The second kappa shape index (κ2) is 5.73. The molecule has 1 aromatic carbocycles. The van der Waals surface area contributed by atoms with Crippen molar-refractivity contribution in [3.05, 3.63) is 24.3 Å². The molecule has 0 amide bonds. The van der Waals surface area contributed by atoms with Crippen LogP contribution < -0.4 is 9.47 Å². The number of fused-ring (bicyclic) bond motifs is 1. The summed E-state index contributed by atoms with van der Waals surface area (Å²) in [6.07, 6.45) is -0.126. The van der Waals surface area contributed by atoms with Crippen molar-refractivity contribution in [3.63, 3.8) is 0 Å². The minimum Gasteiger partial charge on any atom is -0.486 e. The number of rotatable bonds is 5. The molecule has 5 nitrogen and oxygen atoms in total. The lowest BCUT2D eigenvalue weighted by molar-refractivity contribution is -0.138. The molecule has 18 heavy (non-hydrogen) atoms. The third kappa shape index (κ3) is 3.13. The summed E-state index contributed by atoms with van der Waals surface area (Å²) in [6, 6.07) is 7.50. The van der Waals surface area contributed by atoms with Gasteiger partial charge in [0.1, 0.15) is 12.7 Å². The number of carboxylic acids is 1. The number of carboxylic acid groups (broad SMARTS) is 1. The van der Waals surface area contributed by atoms with Crippen LogP contribution in [0.3, 0.4) is 0 Å². The zero-order valence-corrected chi connectivity index (χ0v) is 10.3. The van der Waals surface area contributed by atoms with E-state index in [0.717, 1.165) is 11.5 Å². The van der Waals surface area contributed by atoms with E-state index in [4.69, 9.17) is 14.6 Å². The number of carbonyl (C=O) groups is 1. The Hall–Kier alpha value is -1.75. The number of hydrogen-bond donors (Lipinski definition) is 1. The van der Waals surface area contributed by atoms with Gasteiger partial charge in [0.25, 0.3) is 0 Å². The van der Waals surface area contributed by atoms with Gasteiger partial charge in [-0.1, -0.05) is 19.1 Å². The fourth-order valence-electron chi connectivity index (χ4n) is 1.94. The van der Waals surface area contributed by atoms with Crippen LogP contribution in [0.5, 0.6) is 11.5 Å². The topological polar surface area (TPSA) is 59.0 Å². The van der Waals surface area contributed by atoms with Crippen LogP contribution in [0.1, 0.15) is 6.92 Å². The summed E-state index contributed by atoms with van der Waals surface area (Å²) in [4.78, 5) is 12.5. The Morgan fingerprint density at radius 3 is 2.83 bits per heavy atom. The number of nitrogens with zero attached hydrogens (tertiary/aromatic N) is 1. The average molecular weight is 251 g/mol. The van der Waals surface area contributed by atoms with Gasteiger partial charge in [0.15, 0.2) is 11.5 Å². The average Bonchev–Trinajstić information content (AvgIpc) is 2.37. The van der Waals surface area contributed by atoms with Gasteiger partial charge in [-0.3, -0.25) is 9.69 Å². The monoisotopic (exact) mass is 251 g/mol. The first-order valence-electron chi connectivity index (χ1n) is 6.01. The summed E-state index contributed by atoms with van der Waals surface area (Å²) in [5, 5.41) is 8.79. The predicted molar refractivity (Wildman–Crippen MR) is 66.1 cm³/mol. The summed E-state index contributed by atoms with van der Waals surface area (Å²) in [7, 11) is 0. The summed E-state index contributed by atoms with van der Waals surface area (Å²) < 4.78 is 11.4. The standard InChI is InChI=1S/C13H17NO4/c1-2-14(8-13(15)16)7-10-9-17-11-5-3-4-6-12(11)18-10/h3-6,10H,2,7-9H2,1H3,(H,15,16). The van der Waals surface area contributed by atoms with Crippen LogP contribution >= 0.6 is 0 Å². The van der Waals surface area contributed by atoms with Gasteiger partial charge in [0, 0.05) is 6.54 Å². The van der Waals surface area contributed by atoms with E-state index in [-0.39, 0.29) is 12.6 Å². The molecule has 0 spiro atoms. The van der Waals surface area contributed by atoms with Gasteiger partial charge in [-0.2, -0.15) is 0 Å². The van der Waals surface area contributed by atoms with E-state index in [1.165, 1.54) is 0 Å². The Kier molecular flexibility index (Phi) is 4.04. The van der Waals surface area contributed by atoms with E-state index in [2.05, 4.69) is 0 Å². The highest BCUT2D eigenvalue weighted by atomic mass is 16.6. The molecular formula is C13H17NO4. The minimum atomic E-state index is -0.825. The number of likely N-dealkylation sites (N-methyl/N-ethyl adjacent to an activating group) is 1. The van der Waals surface area contributed by atoms with Crippen LogP contribution in [-0.2, 0) is 4.79 Å². The zero-order chi connectivity index (χ0) is 13.0. The van der Waals surface area contributed by atoms with Crippen molar-refractivity contribution in [2.45, 2.75) is 13.0 Å². The molecule has 0 aliphatic carbocycles. The van der Waals surface area contributed by atoms with E-state index >= 15 is 0 Å². The van der Waals surface area contributed by atoms with Gasteiger partial charge in [0.05, 0.1) is 6.54 Å². The molecule has 1 aliphatic rings. The van der Waals surface area contributed by atoms with E-state index < -0.39 is 5.97 Å². The van der Waals surface area contributed by atoms with Crippen molar-refractivity contribution in [2.24, 2.45) is 0 Å². The molecule has 0 saturated carbocycles. The molecule has 1 aromatic rings. The Morgan fingerprint density at radius 2 is 2.17 bits per heavy atom. The number of ether oxygens (including phenoxy) is 2. The highest BCUT2D eigenvalue weighted by Gasteiger charge is 2.23. The normalized spacial score (nSPS) is 17.8. The second-order valence-electron chi connectivity index (χ2n) is 4.22. The van der Waals surface area contributed by atoms with Crippen molar-refractivity contribution in [2.75, 3.05) is 26.2 Å². The van der Waals surface area contributed by atoms with Crippen LogP contribution in [0.4, 0.5) is 0 Å². The smallest absolute Gasteiger partial charge is 0.317 e. The molecule has 1 atom stereocenters. The molecule has 1 aliphatic heterocycles. The molecule has 0 fully saturated rings. The van der Waals surface area contributed by atoms with Crippen molar-refractivity contribution < 1.29 is 19.4 Å². The maximum absolute atomic E-state index is 10.7. The second-order valence-corrected chi connectivity index (χ2v) is 4.22. The number of aliphatic carboxylic acids is 1. The Balaban J connectivity index is 1.94. The predicted octanol–water partition coefficient (Wildman–Crippen LogP) is 1.23. The first kappa shape index (κ1) is 12.7. The molecule has 2 rings (SSSR count). The first-order valence-corrected chi connectivity index (χ1v) is 6.01. The number of benzene rings is 1. The molecule has 1 N–H and O–H groups in total. The highest BCUT2D eigenvalue weighted by Crippen LogP contribution is 2.30. The fraction of sp³-hybridized carbons (Fsp3) is 0.462. The van der Waals surface area contributed by atoms with Crippen LogP contribution in [0.2, 0.25) is 0 Å². The Labute approximate surface area is 106 Å². The number of hydrogen-bond acceptors (Lipinski definition) is 4. The van der Waals surface area contributed by atoms with Gasteiger partial charge in [0.2, 0.25) is 0 Å². The number of para-hydroxylation sites is 2. The van der Waals surface area contributed by atoms with Crippen molar-refractivity contribution >= 4 is 5.97 Å². The van der Waals surface area contributed by atoms with Crippen molar-refractivity contribution in [1.29, 1.82) is 0 Å². The summed E-state index contributed by atoms with van der Waals surface area (Å²) >= 11 is 0. The summed E-state index contributed by atoms with van der Waals surface area (Å²) in [6.45, 7) is 3.64. The SMILES string of the molecule is CCN(CC(=O)O)CC1COc2ccccc2O1. The zero-order valence-electron chi connectivity index (χ0n) is 10.3. The molecule has 1 unspecified atom stereocenters. The third-order valence-electron chi connectivity index (χ3n) is 2.84. The molecule has 0 radical (unpaired) electrons. The lowest BCUT2D eigenvalue weighted by Crippen LogP contribution is -2.42. The van der Waals surface area contributed by atoms with Gasteiger partial charge < -0.3 is 14.6 Å². The quantitative estimate of drug-likeness (QED) is 0.853. The van der Waals surface area contributed by atoms with E-state index in [1.54, 1.807) is 0 Å². The highest BCUT2D eigenvalue weighted by molar-refractivity contribution is 5.69. The van der Waals surface area contributed by atoms with Crippen molar-refractivity contribution in [1.82, 2.24) is 4.90 Å². The molecule has 0 bridgehead atoms. The Morgan fingerprint density at radius 1 is 1.44 bits per heavy atom. The van der Waals surface area contributed by atoms with Gasteiger partial charge in [-0.05, 0) is 18.7 Å². The van der Waals surface area contributed by atoms with Gasteiger partial charge in [-0.15, -0.1) is 0 Å². The van der Waals surface area contributed by atoms with Crippen LogP contribution in [0.15, 0.2) is 24.3 Å². The van der Waals surface area contributed by atoms with E-state index in [9.17, 15) is 4.79 Å². The largest absolute Gasteiger partial charge is 0.486 e.